The highest BCUT2D eigenvalue weighted by Crippen LogP contribution is 2.41. The van der Waals surface area contributed by atoms with Gasteiger partial charge in [0, 0.05) is 29.4 Å². The van der Waals surface area contributed by atoms with Crippen LogP contribution in [0.15, 0.2) is 23.1 Å². The molecule has 0 atom stereocenters. The Balaban J connectivity index is 1.68. The number of nitrogens with one attached hydrogen (secondary N) is 1. The summed E-state index contributed by atoms with van der Waals surface area (Å²) in [5.41, 5.74) is 2.24. The van der Waals surface area contributed by atoms with E-state index in [9.17, 15) is 13.2 Å². The molecule has 1 aromatic heterocycles. The number of aromatic nitrogens is 1. The first-order chi connectivity index (χ1) is 12.7. The number of fused-ring (bicyclic) bond motifs is 2. The maximum atomic E-state index is 12.9. The number of thiazole rings is 1. The SMILES string of the molecule is CN1C(=O)CC(C)(C)c2cc(S(=O)(=O)Nc3nc4c(s3)CCCC4)ccc21. The van der Waals surface area contributed by atoms with E-state index in [0.717, 1.165) is 42.6 Å². The monoisotopic (exact) mass is 405 g/mol. The second-order valence-corrected chi connectivity index (χ2v) is 10.7. The van der Waals surface area contributed by atoms with E-state index in [2.05, 4.69) is 9.71 Å². The summed E-state index contributed by atoms with van der Waals surface area (Å²) in [7, 11) is -2.01. The highest BCUT2D eigenvalue weighted by molar-refractivity contribution is 7.93. The predicted octanol–water partition coefficient (Wildman–Crippen LogP) is 3.47. The molecule has 1 aliphatic heterocycles. The van der Waals surface area contributed by atoms with E-state index in [1.54, 1.807) is 30.1 Å². The molecular formula is C19H23N3O3S2. The number of amides is 1. The molecule has 1 aromatic carbocycles. The topological polar surface area (TPSA) is 79.4 Å². The number of rotatable bonds is 3. The van der Waals surface area contributed by atoms with Crippen LogP contribution in [-0.2, 0) is 33.1 Å². The third-order valence-corrected chi connectivity index (χ3v) is 7.94. The lowest BCUT2D eigenvalue weighted by Gasteiger charge is -2.37. The van der Waals surface area contributed by atoms with Crippen molar-refractivity contribution in [3.05, 3.63) is 34.3 Å². The maximum Gasteiger partial charge on any atom is 0.263 e. The van der Waals surface area contributed by atoms with Crippen LogP contribution < -0.4 is 9.62 Å². The summed E-state index contributed by atoms with van der Waals surface area (Å²) in [6.45, 7) is 3.94. The van der Waals surface area contributed by atoms with Gasteiger partial charge in [0.1, 0.15) is 0 Å². The molecule has 144 valence electrons. The van der Waals surface area contributed by atoms with Gasteiger partial charge in [0.2, 0.25) is 5.91 Å². The number of anilines is 2. The number of sulfonamides is 1. The van der Waals surface area contributed by atoms with E-state index in [1.165, 1.54) is 16.2 Å². The molecule has 4 rings (SSSR count). The molecule has 0 fully saturated rings. The number of carbonyl (C=O) groups excluding carboxylic acids is 1. The Morgan fingerprint density at radius 2 is 1.96 bits per heavy atom. The van der Waals surface area contributed by atoms with Crippen LogP contribution in [0.5, 0.6) is 0 Å². The van der Waals surface area contributed by atoms with Gasteiger partial charge in [-0.3, -0.25) is 9.52 Å². The largest absolute Gasteiger partial charge is 0.315 e. The molecular weight excluding hydrogens is 382 g/mol. The lowest BCUT2D eigenvalue weighted by Crippen LogP contribution is -2.39. The van der Waals surface area contributed by atoms with Crippen LogP contribution in [0.25, 0.3) is 0 Å². The highest BCUT2D eigenvalue weighted by atomic mass is 32.2. The number of benzene rings is 1. The maximum absolute atomic E-state index is 12.9. The van der Waals surface area contributed by atoms with E-state index in [1.807, 2.05) is 13.8 Å². The molecule has 0 unspecified atom stereocenters. The van der Waals surface area contributed by atoms with Crippen LogP contribution >= 0.6 is 11.3 Å². The minimum absolute atomic E-state index is 0.0367. The zero-order chi connectivity index (χ0) is 19.4. The quantitative estimate of drug-likeness (QED) is 0.848. The summed E-state index contributed by atoms with van der Waals surface area (Å²) in [6, 6.07) is 4.96. The second-order valence-electron chi connectivity index (χ2n) is 7.89. The van der Waals surface area contributed by atoms with Crippen LogP contribution in [0.4, 0.5) is 10.8 Å². The van der Waals surface area contributed by atoms with Crippen LogP contribution in [0, 0.1) is 0 Å². The highest BCUT2D eigenvalue weighted by Gasteiger charge is 2.36. The first kappa shape index (κ1) is 18.4. The van der Waals surface area contributed by atoms with E-state index >= 15 is 0 Å². The number of hydrogen-bond donors (Lipinski definition) is 1. The molecule has 6 nitrogen and oxygen atoms in total. The minimum atomic E-state index is -3.73. The zero-order valence-corrected chi connectivity index (χ0v) is 17.3. The lowest BCUT2D eigenvalue weighted by atomic mass is 9.77. The van der Waals surface area contributed by atoms with E-state index < -0.39 is 15.4 Å². The Morgan fingerprint density at radius 3 is 2.70 bits per heavy atom. The zero-order valence-electron chi connectivity index (χ0n) is 15.7. The number of nitrogens with zero attached hydrogens (tertiary/aromatic N) is 2. The first-order valence-electron chi connectivity index (χ1n) is 9.10. The van der Waals surface area contributed by atoms with E-state index in [0.29, 0.717) is 11.6 Å². The molecule has 0 spiro atoms. The van der Waals surface area contributed by atoms with Gasteiger partial charge in [0.25, 0.3) is 10.0 Å². The normalized spacial score (nSPS) is 18.8. The summed E-state index contributed by atoms with van der Waals surface area (Å²) >= 11 is 1.43. The fraction of sp³-hybridized carbons (Fsp3) is 0.474. The molecule has 1 amide bonds. The van der Waals surface area contributed by atoms with Crippen LogP contribution in [-0.4, -0.2) is 26.4 Å². The fourth-order valence-corrected chi connectivity index (χ4v) is 6.12. The molecule has 2 aromatic rings. The Kier molecular flexibility index (Phi) is 4.31. The fourth-order valence-electron chi connectivity index (χ4n) is 3.81. The van der Waals surface area contributed by atoms with Gasteiger partial charge in [-0.1, -0.05) is 13.8 Å². The Bertz CT molecular complexity index is 1000. The standard InChI is InChI=1S/C19H23N3O3S2/c1-19(2)11-17(23)22(3)15-9-8-12(10-13(15)19)27(24,25)21-18-20-14-6-4-5-7-16(14)26-18/h8-10H,4-7,11H2,1-3H3,(H,20,21). The van der Waals surface area contributed by atoms with Gasteiger partial charge >= 0.3 is 0 Å². The van der Waals surface area contributed by atoms with Crippen LogP contribution in [0.2, 0.25) is 0 Å². The second kappa shape index (κ2) is 6.31. The van der Waals surface area contributed by atoms with Crippen molar-refractivity contribution in [2.45, 2.75) is 56.3 Å². The van der Waals surface area contributed by atoms with Crippen molar-refractivity contribution in [3.63, 3.8) is 0 Å². The molecule has 2 aliphatic rings. The molecule has 0 saturated carbocycles. The molecule has 0 radical (unpaired) electrons. The summed E-state index contributed by atoms with van der Waals surface area (Å²) in [5, 5.41) is 0.436. The molecule has 27 heavy (non-hydrogen) atoms. The summed E-state index contributed by atoms with van der Waals surface area (Å²) in [6.07, 6.45) is 4.48. The van der Waals surface area contributed by atoms with E-state index in [4.69, 9.17) is 0 Å². The summed E-state index contributed by atoms with van der Waals surface area (Å²) < 4.78 is 28.5. The van der Waals surface area contributed by atoms with Crippen molar-refractivity contribution < 1.29 is 13.2 Å². The smallest absolute Gasteiger partial charge is 0.263 e. The molecule has 8 heteroatoms. The van der Waals surface area contributed by atoms with E-state index in [-0.39, 0.29) is 10.8 Å². The van der Waals surface area contributed by atoms with Crippen molar-refractivity contribution in [3.8, 4) is 0 Å². The Hall–Kier alpha value is -1.93. The van der Waals surface area contributed by atoms with Gasteiger partial charge in [0.05, 0.1) is 10.6 Å². The molecule has 1 aliphatic carbocycles. The molecule has 0 bridgehead atoms. The Morgan fingerprint density at radius 1 is 1.22 bits per heavy atom. The minimum Gasteiger partial charge on any atom is -0.315 e. The van der Waals surface area contributed by atoms with Gasteiger partial charge in [-0.05, 0) is 49.4 Å². The van der Waals surface area contributed by atoms with Crippen molar-refractivity contribution >= 4 is 38.1 Å². The van der Waals surface area contributed by atoms with Gasteiger partial charge in [-0.25, -0.2) is 13.4 Å². The van der Waals surface area contributed by atoms with Crippen molar-refractivity contribution in [1.29, 1.82) is 0 Å². The Labute approximate surface area is 163 Å². The lowest BCUT2D eigenvalue weighted by molar-refractivity contribution is -0.119. The van der Waals surface area contributed by atoms with Crippen molar-refractivity contribution in [1.82, 2.24) is 4.98 Å². The van der Waals surface area contributed by atoms with Crippen LogP contribution in [0.3, 0.4) is 0 Å². The average molecular weight is 406 g/mol. The van der Waals surface area contributed by atoms with Crippen LogP contribution in [0.1, 0.15) is 49.2 Å². The van der Waals surface area contributed by atoms with Gasteiger partial charge in [-0.2, -0.15) is 0 Å². The van der Waals surface area contributed by atoms with Gasteiger partial charge in [0.15, 0.2) is 5.13 Å². The predicted molar refractivity (Wildman–Crippen MR) is 107 cm³/mol. The molecule has 0 saturated heterocycles. The number of carbonyl (C=O) groups is 1. The number of aryl methyl sites for hydroxylation is 2. The molecule has 1 N–H and O–H groups in total. The van der Waals surface area contributed by atoms with Gasteiger partial charge in [-0.15, -0.1) is 11.3 Å². The third-order valence-electron chi connectivity index (χ3n) is 5.40. The van der Waals surface area contributed by atoms with Crippen molar-refractivity contribution in [2.75, 3.05) is 16.7 Å². The van der Waals surface area contributed by atoms with Gasteiger partial charge < -0.3 is 4.90 Å². The summed E-state index contributed by atoms with van der Waals surface area (Å²) in [5.74, 6) is 0.0367. The molecule has 2 heterocycles. The number of hydrogen-bond acceptors (Lipinski definition) is 5. The third kappa shape index (κ3) is 3.25. The summed E-state index contributed by atoms with van der Waals surface area (Å²) in [4.78, 5) is 19.6. The first-order valence-corrected chi connectivity index (χ1v) is 11.4. The van der Waals surface area contributed by atoms with Crippen molar-refractivity contribution in [2.24, 2.45) is 0 Å². The average Bonchev–Trinajstić information content (AvgIpc) is 3.00.